The highest BCUT2D eigenvalue weighted by Crippen LogP contribution is 2.38. The lowest BCUT2D eigenvalue weighted by molar-refractivity contribution is -0.140. The first-order valence-corrected chi connectivity index (χ1v) is 7.49. The van der Waals surface area contributed by atoms with Gasteiger partial charge >= 0.3 is 12.0 Å². The molecule has 0 heterocycles. The number of urea groups is 1. The highest BCUT2D eigenvalue weighted by Gasteiger charge is 2.35. The van der Waals surface area contributed by atoms with Crippen LogP contribution in [0.5, 0.6) is 0 Å². The molecule has 0 aliphatic heterocycles. The van der Waals surface area contributed by atoms with E-state index in [9.17, 15) is 9.59 Å². The highest BCUT2D eigenvalue weighted by atomic mass is 16.4. The Balaban J connectivity index is 2.58. The number of aliphatic hydroxyl groups excluding tert-OH is 2. The number of hydrogen-bond donors (Lipinski definition) is 4. The van der Waals surface area contributed by atoms with E-state index in [2.05, 4.69) is 5.32 Å². The number of nitrogens with one attached hydrogen (secondary N) is 1. The number of rotatable bonds is 8. The Kier molecular flexibility index (Phi) is 7.45. The van der Waals surface area contributed by atoms with Crippen molar-refractivity contribution in [2.45, 2.75) is 38.5 Å². The maximum atomic E-state index is 12.0. The zero-order valence-corrected chi connectivity index (χ0v) is 12.4. The van der Waals surface area contributed by atoms with Crippen LogP contribution in [0.2, 0.25) is 0 Å². The molecule has 1 rings (SSSR count). The van der Waals surface area contributed by atoms with Crippen LogP contribution in [0.3, 0.4) is 0 Å². The smallest absolute Gasteiger partial charge is 0.317 e. The van der Waals surface area contributed by atoms with Crippen molar-refractivity contribution >= 4 is 12.0 Å². The van der Waals surface area contributed by atoms with Crippen molar-refractivity contribution in [3.8, 4) is 0 Å². The van der Waals surface area contributed by atoms with Crippen LogP contribution in [-0.2, 0) is 4.79 Å². The van der Waals surface area contributed by atoms with Crippen LogP contribution < -0.4 is 5.32 Å². The molecule has 0 spiro atoms. The van der Waals surface area contributed by atoms with Crippen LogP contribution in [-0.4, -0.2) is 65.1 Å². The average Bonchev–Trinajstić information content (AvgIpc) is 2.45. The van der Waals surface area contributed by atoms with Crippen molar-refractivity contribution in [1.29, 1.82) is 0 Å². The van der Waals surface area contributed by atoms with E-state index in [1.165, 1.54) is 4.90 Å². The molecule has 0 aromatic rings. The minimum atomic E-state index is -0.839. The summed E-state index contributed by atoms with van der Waals surface area (Å²) in [6.45, 7) is 0.281. The lowest BCUT2D eigenvalue weighted by Gasteiger charge is -2.36. The molecule has 1 aliphatic rings. The number of carbonyl (C=O) groups is 2. The van der Waals surface area contributed by atoms with Crippen LogP contribution in [0.25, 0.3) is 0 Å². The topological polar surface area (TPSA) is 110 Å². The van der Waals surface area contributed by atoms with E-state index >= 15 is 0 Å². The number of aliphatic carboxylic acids is 1. The van der Waals surface area contributed by atoms with E-state index in [4.69, 9.17) is 15.3 Å². The predicted molar refractivity (Wildman–Crippen MR) is 76.9 cm³/mol. The summed E-state index contributed by atoms with van der Waals surface area (Å²) in [7, 11) is 0. The molecule has 0 aromatic carbocycles. The number of nitrogens with zero attached hydrogens (tertiary/aromatic N) is 1. The second kappa shape index (κ2) is 8.84. The molecule has 0 radical (unpaired) electrons. The summed E-state index contributed by atoms with van der Waals surface area (Å²) < 4.78 is 0. The molecule has 0 atom stereocenters. The average molecular weight is 302 g/mol. The number of carbonyl (C=O) groups excluding carboxylic acids is 1. The molecule has 4 N–H and O–H groups in total. The first-order valence-electron chi connectivity index (χ1n) is 7.49. The summed E-state index contributed by atoms with van der Waals surface area (Å²) in [5.74, 6) is -0.839. The maximum absolute atomic E-state index is 12.0. The van der Waals surface area contributed by atoms with Gasteiger partial charge in [-0.15, -0.1) is 0 Å². The quantitative estimate of drug-likeness (QED) is 0.519. The summed E-state index contributed by atoms with van der Waals surface area (Å²) in [5, 5.41) is 29.7. The molecular formula is C14H26N2O5. The fourth-order valence-corrected chi connectivity index (χ4v) is 2.97. The van der Waals surface area contributed by atoms with Crippen LogP contribution in [0.4, 0.5) is 4.79 Å². The van der Waals surface area contributed by atoms with Gasteiger partial charge in [-0.2, -0.15) is 0 Å². The minimum Gasteiger partial charge on any atom is -0.481 e. The molecule has 7 nitrogen and oxygen atoms in total. The zero-order chi connectivity index (χ0) is 15.7. The Labute approximate surface area is 124 Å². The molecule has 0 unspecified atom stereocenters. The molecular weight excluding hydrogens is 276 g/mol. The van der Waals surface area contributed by atoms with Crippen molar-refractivity contribution in [2.24, 2.45) is 5.41 Å². The first-order chi connectivity index (χ1) is 10.0. The number of aliphatic hydroxyl groups is 2. The standard InChI is InChI=1S/C14H26N2O5/c17-8-6-16(7-9-18)13(21)15-11-14(10-12(19)20)4-2-1-3-5-14/h17-18H,1-11H2,(H,15,21)(H,19,20). The Hall–Kier alpha value is -1.34. The summed E-state index contributed by atoms with van der Waals surface area (Å²) in [6, 6.07) is -0.367. The predicted octanol–water partition coefficient (Wildman–Crippen LogP) is 0.408. The normalized spacial score (nSPS) is 17.2. The number of carboxylic acids is 1. The molecule has 0 bridgehead atoms. The zero-order valence-electron chi connectivity index (χ0n) is 12.4. The summed E-state index contributed by atoms with van der Waals surface area (Å²) >= 11 is 0. The van der Waals surface area contributed by atoms with Gasteiger partial charge in [0.15, 0.2) is 0 Å². The third-order valence-corrected chi connectivity index (χ3v) is 4.08. The molecule has 0 aromatic heterocycles. The van der Waals surface area contributed by atoms with Crippen molar-refractivity contribution in [3.05, 3.63) is 0 Å². The number of hydrogen-bond acceptors (Lipinski definition) is 4. The second-order valence-corrected chi connectivity index (χ2v) is 5.72. The lowest BCUT2D eigenvalue weighted by Crippen LogP contribution is -2.47. The molecule has 7 heteroatoms. The van der Waals surface area contributed by atoms with Crippen LogP contribution in [0.1, 0.15) is 38.5 Å². The van der Waals surface area contributed by atoms with Gasteiger partial charge in [-0.3, -0.25) is 4.79 Å². The SMILES string of the molecule is O=C(O)CC1(CNC(=O)N(CCO)CCO)CCCCC1. The van der Waals surface area contributed by atoms with Crippen molar-refractivity contribution in [3.63, 3.8) is 0 Å². The van der Waals surface area contributed by atoms with Gasteiger partial charge in [-0.25, -0.2) is 4.79 Å². The van der Waals surface area contributed by atoms with Crippen LogP contribution in [0, 0.1) is 5.41 Å². The van der Waals surface area contributed by atoms with Crippen molar-refractivity contribution in [1.82, 2.24) is 10.2 Å². The maximum Gasteiger partial charge on any atom is 0.317 e. The van der Waals surface area contributed by atoms with Crippen LogP contribution in [0.15, 0.2) is 0 Å². The third-order valence-electron chi connectivity index (χ3n) is 4.08. The Morgan fingerprint density at radius 3 is 2.10 bits per heavy atom. The molecule has 0 saturated heterocycles. The minimum absolute atomic E-state index is 0.0628. The monoisotopic (exact) mass is 302 g/mol. The largest absolute Gasteiger partial charge is 0.481 e. The molecule has 1 aliphatic carbocycles. The van der Waals surface area contributed by atoms with Crippen molar-refractivity contribution < 1.29 is 24.9 Å². The second-order valence-electron chi connectivity index (χ2n) is 5.72. The number of carboxylic acid groups (broad SMARTS) is 1. The van der Waals surface area contributed by atoms with Gasteiger partial charge in [0, 0.05) is 19.6 Å². The fraction of sp³-hybridized carbons (Fsp3) is 0.857. The number of amides is 2. The molecule has 2 amide bonds. The van der Waals surface area contributed by atoms with E-state index in [1.54, 1.807) is 0 Å². The van der Waals surface area contributed by atoms with Gasteiger partial charge in [-0.05, 0) is 18.3 Å². The fourth-order valence-electron chi connectivity index (χ4n) is 2.97. The highest BCUT2D eigenvalue weighted by molar-refractivity contribution is 5.74. The Bertz CT molecular complexity index is 336. The lowest BCUT2D eigenvalue weighted by atomic mass is 9.72. The van der Waals surface area contributed by atoms with E-state index in [0.717, 1.165) is 32.1 Å². The Morgan fingerprint density at radius 2 is 1.62 bits per heavy atom. The van der Waals surface area contributed by atoms with E-state index in [0.29, 0.717) is 6.54 Å². The van der Waals surface area contributed by atoms with E-state index in [1.807, 2.05) is 0 Å². The van der Waals surface area contributed by atoms with Gasteiger partial charge in [0.25, 0.3) is 0 Å². The van der Waals surface area contributed by atoms with Gasteiger partial charge < -0.3 is 25.5 Å². The summed E-state index contributed by atoms with van der Waals surface area (Å²) in [6.07, 6.45) is 4.75. The van der Waals surface area contributed by atoms with Gasteiger partial charge in [-0.1, -0.05) is 19.3 Å². The first kappa shape index (κ1) is 17.7. The molecule has 1 saturated carbocycles. The molecule has 21 heavy (non-hydrogen) atoms. The summed E-state index contributed by atoms with van der Waals surface area (Å²) in [4.78, 5) is 24.4. The molecule has 1 fully saturated rings. The van der Waals surface area contributed by atoms with E-state index in [-0.39, 0.29) is 44.2 Å². The van der Waals surface area contributed by atoms with Gasteiger partial charge in [0.2, 0.25) is 0 Å². The summed E-state index contributed by atoms with van der Waals surface area (Å²) in [5.41, 5.74) is -0.371. The van der Waals surface area contributed by atoms with Gasteiger partial charge in [0.05, 0.1) is 19.6 Å². The van der Waals surface area contributed by atoms with Crippen LogP contribution >= 0.6 is 0 Å². The van der Waals surface area contributed by atoms with Gasteiger partial charge in [0.1, 0.15) is 0 Å². The van der Waals surface area contributed by atoms with Crippen molar-refractivity contribution in [2.75, 3.05) is 32.8 Å². The third kappa shape index (κ3) is 5.89. The Morgan fingerprint density at radius 1 is 1.05 bits per heavy atom. The molecule has 122 valence electrons. The van der Waals surface area contributed by atoms with E-state index < -0.39 is 5.97 Å².